The topological polar surface area (TPSA) is 55.1 Å². The first-order valence-electron chi connectivity index (χ1n) is 6.91. The smallest absolute Gasteiger partial charge is 0.339 e. The molecule has 0 saturated carbocycles. The van der Waals surface area contributed by atoms with Gasteiger partial charge in [0.15, 0.2) is 0 Å². The highest BCUT2D eigenvalue weighted by Crippen LogP contribution is 2.23. The fraction of sp³-hybridized carbons (Fsp3) is 0.375. The van der Waals surface area contributed by atoms with Crippen molar-refractivity contribution in [2.45, 2.75) is 40.5 Å². The summed E-state index contributed by atoms with van der Waals surface area (Å²) in [4.78, 5) is 11.5. The largest absolute Gasteiger partial charge is 0.478 e. The van der Waals surface area contributed by atoms with Crippen LogP contribution in [-0.4, -0.2) is 20.9 Å². The van der Waals surface area contributed by atoms with Gasteiger partial charge in [0.2, 0.25) is 0 Å². The lowest BCUT2D eigenvalue weighted by Gasteiger charge is -2.10. The van der Waals surface area contributed by atoms with Crippen LogP contribution in [0.15, 0.2) is 18.2 Å². The van der Waals surface area contributed by atoms with Crippen LogP contribution in [0, 0.1) is 13.8 Å². The molecule has 1 heterocycles. The standard InChI is InChI=1S/C16H20N2O2/c1-5-12-15(16(19)20)13(6-2)18(17-12)14-8-7-10(3)9-11(14)4/h7-9H,5-6H2,1-4H3,(H,19,20). The van der Waals surface area contributed by atoms with E-state index in [9.17, 15) is 9.90 Å². The fourth-order valence-electron chi connectivity index (χ4n) is 2.57. The van der Waals surface area contributed by atoms with E-state index in [1.54, 1.807) is 4.68 Å². The molecule has 4 nitrogen and oxygen atoms in total. The Kier molecular flexibility index (Phi) is 3.93. The number of hydrogen-bond donors (Lipinski definition) is 1. The van der Waals surface area contributed by atoms with Gasteiger partial charge in [0, 0.05) is 0 Å². The van der Waals surface area contributed by atoms with Crippen LogP contribution in [0.1, 0.15) is 46.7 Å². The highest BCUT2D eigenvalue weighted by atomic mass is 16.4. The number of carbonyl (C=O) groups is 1. The van der Waals surface area contributed by atoms with Gasteiger partial charge in [0.05, 0.1) is 17.1 Å². The number of aryl methyl sites for hydroxylation is 3. The number of carboxylic acid groups (broad SMARTS) is 1. The number of rotatable bonds is 4. The van der Waals surface area contributed by atoms with Crippen LogP contribution in [0.4, 0.5) is 0 Å². The number of carboxylic acids is 1. The highest BCUT2D eigenvalue weighted by Gasteiger charge is 2.22. The molecule has 0 fully saturated rings. The molecule has 0 aliphatic rings. The van der Waals surface area contributed by atoms with E-state index in [1.807, 2.05) is 39.8 Å². The summed E-state index contributed by atoms with van der Waals surface area (Å²) in [7, 11) is 0. The highest BCUT2D eigenvalue weighted by molar-refractivity contribution is 5.90. The third-order valence-corrected chi connectivity index (χ3v) is 3.52. The van der Waals surface area contributed by atoms with Crippen molar-refractivity contribution in [3.05, 3.63) is 46.3 Å². The Balaban J connectivity index is 2.71. The van der Waals surface area contributed by atoms with E-state index in [2.05, 4.69) is 11.2 Å². The lowest BCUT2D eigenvalue weighted by Crippen LogP contribution is -2.07. The predicted octanol–water partition coefficient (Wildman–Crippen LogP) is 3.31. The number of aromatic nitrogens is 2. The van der Waals surface area contributed by atoms with Crippen LogP contribution < -0.4 is 0 Å². The summed E-state index contributed by atoms with van der Waals surface area (Å²) in [5.74, 6) is -0.894. The Hall–Kier alpha value is -2.10. The summed E-state index contributed by atoms with van der Waals surface area (Å²) >= 11 is 0. The average Bonchev–Trinajstić information content (AvgIpc) is 2.77. The quantitative estimate of drug-likeness (QED) is 0.929. The monoisotopic (exact) mass is 272 g/mol. The Morgan fingerprint density at radius 2 is 1.95 bits per heavy atom. The molecule has 20 heavy (non-hydrogen) atoms. The van der Waals surface area contributed by atoms with Crippen LogP contribution in [-0.2, 0) is 12.8 Å². The summed E-state index contributed by atoms with van der Waals surface area (Å²) in [6, 6.07) is 6.11. The van der Waals surface area contributed by atoms with Crippen LogP contribution in [0.5, 0.6) is 0 Å². The molecule has 0 saturated heterocycles. The van der Waals surface area contributed by atoms with Gasteiger partial charge in [0.25, 0.3) is 0 Å². The van der Waals surface area contributed by atoms with E-state index in [0.29, 0.717) is 24.1 Å². The minimum Gasteiger partial charge on any atom is -0.478 e. The molecule has 0 bridgehead atoms. The van der Waals surface area contributed by atoms with Gasteiger partial charge in [-0.1, -0.05) is 31.5 Å². The van der Waals surface area contributed by atoms with Crippen molar-refractivity contribution < 1.29 is 9.90 Å². The van der Waals surface area contributed by atoms with Crippen molar-refractivity contribution in [1.29, 1.82) is 0 Å². The third kappa shape index (κ3) is 2.33. The minimum absolute atomic E-state index is 0.356. The first kappa shape index (κ1) is 14.3. The molecule has 1 aromatic carbocycles. The molecule has 1 aromatic heterocycles. The first-order valence-corrected chi connectivity index (χ1v) is 6.91. The van der Waals surface area contributed by atoms with Gasteiger partial charge < -0.3 is 5.11 Å². The molecule has 0 unspecified atom stereocenters. The van der Waals surface area contributed by atoms with E-state index in [4.69, 9.17) is 0 Å². The molecule has 0 amide bonds. The first-order chi connectivity index (χ1) is 9.49. The van der Waals surface area contributed by atoms with Gasteiger partial charge in [-0.25, -0.2) is 9.48 Å². The summed E-state index contributed by atoms with van der Waals surface area (Å²) in [6.07, 6.45) is 1.26. The zero-order chi connectivity index (χ0) is 14.9. The normalized spacial score (nSPS) is 10.8. The summed E-state index contributed by atoms with van der Waals surface area (Å²) < 4.78 is 1.79. The van der Waals surface area contributed by atoms with E-state index >= 15 is 0 Å². The maximum Gasteiger partial charge on any atom is 0.339 e. The molecule has 0 radical (unpaired) electrons. The number of benzene rings is 1. The second-order valence-electron chi connectivity index (χ2n) is 4.98. The Bertz CT molecular complexity index is 657. The lowest BCUT2D eigenvalue weighted by molar-refractivity contribution is 0.0694. The van der Waals surface area contributed by atoms with Crippen LogP contribution in [0.25, 0.3) is 5.69 Å². The Morgan fingerprint density at radius 1 is 1.25 bits per heavy atom. The van der Waals surface area contributed by atoms with Gasteiger partial charge in [-0.15, -0.1) is 0 Å². The predicted molar refractivity (Wildman–Crippen MR) is 78.8 cm³/mol. The molecular weight excluding hydrogens is 252 g/mol. The van der Waals surface area contributed by atoms with Gasteiger partial charge >= 0.3 is 5.97 Å². The Labute approximate surface area is 119 Å². The third-order valence-electron chi connectivity index (χ3n) is 3.52. The maximum absolute atomic E-state index is 11.5. The molecular formula is C16H20N2O2. The lowest BCUT2D eigenvalue weighted by atomic mass is 10.1. The molecule has 1 N–H and O–H groups in total. The van der Waals surface area contributed by atoms with Gasteiger partial charge in [-0.05, 0) is 38.3 Å². The van der Waals surface area contributed by atoms with Crippen molar-refractivity contribution in [1.82, 2.24) is 9.78 Å². The van der Waals surface area contributed by atoms with Crippen LogP contribution >= 0.6 is 0 Å². The number of aromatic carboxylic acids is 1. The number of nitrogens with zero attached hydrogens (tertiary/aromatic N) is 2. The maximum atomic E-state index is 11.5. The summed E-state index contributed by atoms with van der Waals surface area (Å²) in [5.41, 5.74) is 5.01. The average molecular weight is 272 g/mol. The van der Waals surface area contributed by atoms with E-state index in [1.165, 1.54) is 5.56 Å². The molecule has 106 valence electrons. The molecule has 2 aromatic rings. The molecule has 0 aliphatic heterocycles. The SMILES string of the molecule is CCc1nn(-c2ccc(C)cc2C)c(CC)c1C(=O)O. The van der Waals surface area contributed by atoms with Crippen molar-refractivity contribution in [2.24, 2.45) is 0 Å². The van der Waals surface area contributed by atoms with Crippen LogP contribution in [0.3, 0.4) is 0 Å². The second-order valence-corrected chi connectivity index (χ2v) is 4.98. The van der Waals surface area contributed by atoms with Gasteiger partial charge in [-0.2, -0.15) is 5.10 Å². The van der Waals surface area contributed by atoms with Crippen molar-refractivity contribution in [3.63, 3.8) is 0 Å². The van der Waals surface area contributed by atoms with E-state index < -0.39 is 5.97 Å². The van der Waals surface area contributed by atoms with Gasteiger partial charge in [-0.3, -0.25) is 0 Å². The zero-order valence-corrected chi connectivity index (χ0v) is 12.4. The minimum atomic E-state index is -0.894. The molecule has 4 heteroatoms. The molecule has 0 aliphatic carbocycles. The molecule has 0 atom stereocenters. The molecule has 0 spiro atoms. The van der Waals surface area contributed by atoms with E-state index in [-0.39, 0.29) is 0 Å². The fourth-order valence-corrected chi connectivity index (χ4v) is 2.57. The molecule has 2 rings (SSSR count). The van der Waals surface area contributed by atoms with Crippen molar-refractivity contribution in [2.75, 3.05) is 0 Å². The summed E-state index contributed by atoms with van der Waals surface area (Å²) in [6.45, 7) is 7.96. The van der Waals surface area contributed by atoms with Crippen LogP contribution in [0.2, 0.25) is 0 Å². The number of hydrogen-bond acceptors (Lipinski definition) is 2. The van der Waals surface area contributed by atoms with E-state index in [0.717, 1.165) is 16.9 Å². The second kappa shape index (κ2) is 5.49. The van der Waals surface area contributed by atoms with Crippen molar-refractivity contribution >= 4 is 5.97 Å². The zero-order valence-electron chi connectivity index (χ0n) is 12.4. The van der Waals surface area contributed by atoms with Crippen molar-refractivity contribution in [3.8, 4) is 5.69 Å². The Morgan fingerprint density at radius 3 is 2.45 bits per heavy atom. The summed E-state index contributed by atoms with van der Waals surface area (Å²) in [5, 5.41) is 13.9. The van der Waals surface area contributed by atoms with Gasteiger partial charge in [0.1, 0.15) is 5.56 Å².